The van der Waals surface area contributed by atoms with Gasteiger partial charge in [0.25, 0.3) is 0 Å². The fourth-order valence-electron chi connectivity index (χ4n) is 1.81. The summed E-state index contributed by atoms with van der Waals surface area (Å²) < 4.78 is 1.96. The summed E-state index contributed by atoms with van der Waals surface area (Å²) in [6.07, 6.45) is 2.77. The van der Waals surface area contributed by atoms with Gasteiger partial charge in [-0.1, -0.05) is 6.92 Å². The topological polar surface area (TPSA) is 50.9 Å². The van der Waals surface area contributed by atoms with Crippen LogP contribution in [0.25, 0.3) is 0 Å². The second kappa shape index (κ2) is 5.42. The number of aromatic nitrogens is 3. The minimum atomic E-state index is -0.478. The molecule has 2 heterocycles. The molecule has 2 rings (SSSR count). The average Bonchev–Trinajstić information content (AvgIpc) is 2.97. The fourth-order valence-corrected chi connectivity index (χ4v) is 2.42. The first-order valence-electron chi connectivity index (χ1n) is 5.86. The Bertz CT molecular complexity index is 464. The van der Waals surface area contributed by atoms with E-state index in [0.29, 0.717) is 6.42 Å². The molecule has 0 saturated carbocycles. The van der Waals surface area contributed by atoms with Crippen molar-refractivity contribution in [2.24, 2.45) is 0 Å². The zero-order valence-corrected chi connectivity index (χ0v) is 10.9. The lowest BCUT2D eigenvalue weighted by Crippen LogP contribution is -2.07. The molecule has 0 spiro atoms. The van der Waals surface area contributed by atoms with Crippen molar-refractivity contribution in [2.75, 3.05) is 0 Å². The van der Waals surface area contributed by atoms with Crippen molar-refractivity contribution in [1.82, 2.24) is 14.8 Å². The van der Waals surface area contributed by atoms with Gasteiger partial charge in [-0.2, -0.15) is 5.10 Å². The van der Waals surface area contributed by atoms with E-state index in [1.54, 1.807) is 11.7 Å². The maximum atomic E-state index is 10.1. The van der Waals surface area contributed by atoms with E-state index < -0.39 is 6.10 Å². The third-order valence-corrected chi connectivity index (χ3v) is 3.63. The SMILES string of the molecule is CCc1cc(CC(O)c2cncs2)n(CC)n1. The number of hydrogen-bond donors (Lipinski definition) is 1. The first-order chi connectivity index (χ1) is 8.24. The van der Waals surface area contributed by atoms with Crippen LogP contribution >= 0.6 is 11.3 Å². The van der Waals surface area contributed by atoms with E-state index in [1.807, 2.05) is 4.68 Å². The third kappa shape index (κ3) is 2.73. The molecule has 0 amide bonds. The van der Waals surface area contributed by atoms with Crippen LogP contribution in [0.3, 0.4) is 0 Å². The van der Waals surface area contributed by atoms with E-state index in [1.165, 1.54) is 11.3 Å². The Morgan fingerprint density at radius 1 is 1.47 bits per heavy atom. The summed E-state index contributed by atoms with van der Waals surface area (Å²) in [5.74, 6) is 0. The van der Waals surface area contributed by atoms with Crippen LogP contribution in [-0.4, -0.2) is 19.9 Å². The van der Waals surface area contributed by atoms with Crippen molar-refractivity contribution in [1.29, 1.82) is 0 Å². The lowest BCUT2D eigenvalue weighted by Gasteiger charge is -2.09. The third-order valence-electron chi connectivity index (χ3n) is 2.76. The zero-order valence-electron chi connectivity index (χ0n) is 10.1. The van der Waals surface area contributed by atoms with Gasteiger partial charge in [0.1, 0.15) is 0 Å². The zero-order chi connectivity index (χ0) is 12.3. The summed E-state index contributed by atoms with van der Waals surface area (Å²) in [4.78, 5) is 4.89. The summed E-state index contributed by atoms with van der Waals surface area (Å²) in [6, 6.07) is 2.08. The summed E-state index contributed by atoms with van der Waals surface area (Å²) in [5.41, 5.74) is 3.91. The van der Waals surface area contributed by atoms with E-state index in [-0.39, 0.29) is 0 Å². The monoisotopic (exact) mass is 251 g/mol. The first-order valence-corrected chi connectivity index (χ1v) is 6.74. The fraction of sp³-hybridized carbons (Fsp3) is 0.500. The maximum Gasteiger partial charge on any atom is 0.0953 e. The van der Waals surface area contributed by atoms with Crippen molar-refractivity contribution in [3.63, 3.8) is 0 Å². The predicted octanol–water partition coefficient (Wildman–Crippen LogP) is 2.20. The number of rotatable bonds is 5. The number of aliphatic hydroxyl groups is 1. The van der Waals surface area contributed by atoms with Crippen molar-refractivity contribution in [2.45, 2.75) is 39.3 Å². The highest BCUT2D eigenvalue weighted by Crippen LogP contribution is 2.21. The Balaban J connectivity index is 2.15. The molecular weight excluding hydrogens is 234 g/mol. The van der Waals surface area contributed by atoms with Gasteiger partial charge in [-0.15, -0.1) is 11.3 Å². The van der Waals surface area contributed by atoms with E-state index >= 15 is 0 Å². The Morgan fingerprint density at radius 2 is 2.29 bits per heavy atom. The van der Waals surface area contributed by atoms with E-state index in [9.17, 15) is 5.11 Å². The molecule has 0 aromatic carbocycles. The minimum Gasteiger partial charge on any atom is -0.387 e. The van der Waals surface area contributed by atoms with E-state index in [4.69, 9.17) is 0 Å². The Morgan fingerprint density at radius 3 is 2.88 bits per heavy atom. The number of hydrogen-bond acceptors (Lipinski definition) is 4. The molecule has 1 N–H and O–H groups in total. The number of aliphatic hydroxyl groups excluding tert-OH is 1. The average molecular weight is 251 g/mol. The Kier molecular flexibility index (Phi) is 3.91. The molecule has 2 aromatic rings. The molecule has 0 aliphatic heterocycles. The van der Waals surface area contributed by atoms with Crippen LogP contribution in [0.2, 0.25) is 0 Å². The second-order valence-corrected chi connectivity index (χ2v) is 4.84. The highest BCUT2D eigenvalue weighted by Gasteiger charge is 2.14. The summed E-state index contributed by atoms with van der Waals surface area (Å²) in [5, 5.41) is 14.6. The molecule has 0 aliphatic rings. The Labute approximate surface area is 105 Å². The molecule has 0 aliphatic carbocycles. The first kappa shape index (κ1) is 12.3. The highest BCUT2D eigenvalue weighted by molar-refractivity contribution is 7.09. The van der Waals surface area contributed by atoms with E-state index in [0.717, 1.165) is 29.2 Å². The van der Waals surface area contributed by atoms with Gasteiger partial charge in [-0.25, -0.2) is 0 Å². The van der Waals surface area contributed by atoms with Crippen LogP contribution in [0.5, 0.6) is 0 Å². The van der Waals surface area contributed by atoms with Crippen molar-refractivity contribution < 1.29 is 5.11 Å². The predicted molar refractivity (Wildman–Crippen MR) is 68.1 cm³/mol. The quantitative estimate of drug-likeness (QED) is 0.886. The smallest absolute Gasteiger partial charge is 0.0953 e. The molecule has 0 fully saturated rings. The van der Waals surface area contributed by atoms with Crippen molar-refractivity contribution >= 4 is 11.3 Å². The van der Waals surface area contributed by atoms with Gasteiger partial charge in [0.05, 0.1) is 22.2 Å². The molecule has 1 unspecified atom stereocenters. The van der Waals surface area contributed by atoms with Crippen molar-refractivity contribution in [3.05, 3.63) is 34.0 Å². The van der Waals surface area contributed by atoms with Gasteiger partial charge in [-0.3, -0.25) is 9.67 Å². The number of thiazole rings is 1. The largest absolute Gasteiger partial charge is 0.387 e. The van der Waals surface area contributed by atoms with Gasteiger partial charge in [0.15, 0.2) is 0 Å². The highest BCUT2D eigenvalue weighted by atomic mass is 32.1. The molecule has 17 heavy (non-hydrogen) atoms. The molecule has 0 radical (unpaired) electrons. The van der Waals surface area contributed by atoms with Gasteiger partial charge in [0, 0.05) is 24.9 Å². The maximum absolute atomic E-state index is 10.1. The molecule has 1 atom stereocenters. The molecule has 4 nitrogen and oxygen atoms in total. The normalized spacial score (nSPS) is 12.9. The van der Waals surface area contributed by atoms with Crippen molar-refractivity contribution in [3.8, 4) is 0 Å². The van der Waals surface area contributed by atoms with Crippen LogP contribution in [0.15, 0.2) is 17.8 Å². The molecule has 0 saturated heterocycles. The van der Waals surface area contributed by atoms with Gasteiger partial charge in [0.2, 0.25) is 0 Å². The number of nitrogens with zero attached hydrogens (tertiary/aromatic N) is 3. The standard InChI is InChI=1S/C12H17N3OS/c1-3-9-5-10(15(4-2)14-9)6-11(16)12-7-13-8-17-12/h5,7-8,11,16H,3-4,6H2,1-2H3. The summed E-state index contributed by atoms with van der Waals surface area (Å²) >= 11 is 1.49. The molecule has 5 heteroatoms. The minimum absolute atomic E-state index is 0.478. The van der Waals surface area contributed by atoms with Crippen LogP contribution < -0.4 is 0 Å². The second-order valence-electron chi connectivity index (χ2n) is 3.92. The Hall–Kier alpha value is -1.20. The lowest BCUT2D eigenvalue weighted by molar-refractivity contribution is 0.179. The van der Waals surface area contributed by atoms with Gasteiger partial charge < -0.3 is 5.11 Å². The van der Waals surface area contributed by atoms with Crippen LogP contribution in [0.1, 0.15) is 36.2 Å². The lowest BCUT2D eigenvalue weighted by atomic mass is 10.1. The molecule has 0 bridgehead atoms. The van der Waals surface area contributed by atoms with Gasteiger partial charge in [-0.05, 0) is 19.4 Å². The van der Waals surface area contributed by atoms with Crippen LogP contribution in [-0.2, 0) is 19.4 Å². The van der Waals surface area contributed by atoms with Gasteiger partial charge >= 0.3 is 0 Å². The molecule has 2 aromatic heterocycles. The molecular formula is C12H17N3OS. The van der Waals surface area contributed by atoms with Crippen LogP contribution in [0, 0.1) is 0 Å². The van der Waals surface area contributed by atoms with E-state index in [2.05, 4.69) is 30.0 Å². The summed E-state index contributed by atoms with van der Waals surface area (Å²) in [6.45, 7) is 4.99. The number of aryl methyl sites for hydroxylation is 2. The van der Waals surface area contributed by atoms with Crippen LogP contribution in [0.4, 0.5) is 0 Å². The summed E-state index contributed by atoms with van der Waals surface area (Å²) in [7, 11) is 0. The molecule has 92 valence electrons.